The molecular formula is C15H15NO5S. The molecule has 0 aromatic heterocycles. The van der Waals surface area contributed by atoms with Gasteiger partial charge in [-0.1, -0.05) is 18.2 Å². The smallest absolute Gasteiger partial charge is 0.303 e. The molecule has 1 aromatic carbocycles. The lowest BCUT2D eigenvalue weighted by Crippen LogP contribution is -2.29. The van der Waals surface area contributed by atoms with E-state index in [0.29, 0.717) is 16.2 Å². The molecule has 1 N–H and O–H groups in total. The molecule has 2 amide bonds. The van der Waals surface area contributed by atoms with Crippen LogP contribution in [0.15, 0.2) is 29.2 Å². The molecule has 116 valence electrons. The first kappa shape index (κ1) is 16.1. The van der Waals surface area contributed by atoms with Gasteiger partial charge in [0.15, 0.2) is 0 Å². The number of hydrogen-bond donors (Lipinski definition) is 1. The van der Waals surface area contributed by atoms with Gasteiger partial charge in [-0.3, -0.25) is 19.3 Å². The van der Waals surface area contributed by atoms with Gasteiger partial charge in [-0.2, -0.15) is 0 Å². The van der Waals surface area contributed by atoms with Crippen molar-refractivity contribution in [3.8, 4) is 5.75 Å². The van der Waals surface area contributed by atoms with Crippen LogP contribution in [0.2, 0.25) is 0 Å². The zero-order chi connectivity index (χ0) is 16.1. The Morgan fingerprint density at radius 3 is 2.77 bits per heavy atom. The minimum Gasteiger partial charge on any atom is -0.496 e. The van der Waals surface area contributed by atoms with Crippen LogP contribution in [0.25, 0.3) is 6.08 Å². The van der Waals surface area contributed by atoms with E-state index in [1.54, 1.807) is 18.2 Å². The topological polar surface area (TPSA) is 83.9 Å². The Morgan fingerprint density at radius 2 is 2.09 bits per heavy atom. The van der Waals surface area contributed by atoms with Crippen LogP contribution in [0.4, 0.5) is 4.79 Å². The van der Waals surface area contributed by atoms with Gasteiger partial charge in [0.1, 0.15) is 5.75 Å². The summed E-state index contributed by atoms with van der Waals surface area (Å²) in [6, 6.07) is 7.18. The third-order valence-electron chi connectivity index (χ3n) is 3.07. The van der Waals surface area contributed by atoms with Crippen LogP contribution in [-0.4, -0.2) is 40.8 Å². The number of methoxy groups -OCH3 is 1. The van der Waals surface area contributed by atoms with Crippen molar-refractivity contribution in [2.75, 3.05) is 13.7 Å². The van der Waals surface area contributed by atoms with E-state index in [1.165, 1.54) is 7.11 Å². The average molecular weight is 321 g/mol. The number of carboxylic acids is 1. The Balaban J connectivity index is 2.13. The highest BCUT2D eigenvalue weighted by molar-refractivity contribution is 8.18. The summed E-state index contributed by atoms with van der Waals surface area (Å²) in [4.78, 5) is 36.0. The summed E-state index contributed by atoms with van der Waals surface area (Å²) >= 11 is 0.850. The maximum atomic E-state index is 12.2. The molecule has 0 bridgehead atoms. The summed E-state index contributed by atoms with van der Waals surface area (Å²) in [6.07, 6.45) is 1.78. The second-order valence-corrected chi connectivity index (χ2v) is 5.57. The van der Waals surface area contributed by atoms with E-state index in [1.807, 2.05) is 12.1 Å². The van der Waals surface area contributed by atoms with E-state index in [4.69, 9.17) is 9.84 Å². The molecule has 0 radical (unpaired) electrons. The number of thioether (sulfide) groups is 1. The molecule has 0 unspecified atom stereocenters. The van der Waals surface area contributed by atoms with Crippen LogP contribution in [0, 0.1) is 0 Å². The van der Waals surface area contributed by atoms with Crippen LogP contribution < -0.4 is 4.74 Å². The van der Waals surface area contributed by atoms with Crippen molar-refractivity contribution in [3.05, 3.63) is 34.7 Å². The first-order chi connectivity index (χ1) is 10.5. The Morgan fingerprint density at radius 1 is 1.36 bits per heavy atom. The Hall–Kier alpha value is -2.28. The normalized spacial score (nSPS) is 16.4. The quantitative estimate of drug-likeness (QED) is 0.811. The van der Waals surface area contributed by atoms with Gasteiger partial charge in [0.25, 0.3) is 11.1 Å². The van der Waals surface area contributed by atoms with Gasteiger partial charge in [-0.15, -0.1) is 0 Å². The van der Waals surface area contributed by atoms with E-state index in [9.17, 15) is 14.4 Å². The lowest BCUT2D eigenvalue weighted by molar-refractivity contribution is -0.137. The third-order valence-corrected chi connectivity index (χ3v) is 3.98. The summed E-state index contributed by atoms with van der Waals surface area (Å²) in [5, 5.41) is 8.23. The van der Waals surface area contributed by atoms with Gasteiger partial charge in [-0.25, -0.2) is 0 Å². The number of imide groups is 1. The zero-order valence-corrected chi connectivity index (χ0v) is 12.8. The van der Waals surface area contributed by atoms with Gasteiger partial charge >= 0.3 is 5.97 Å². The number of hydrogen-bond acceptors (Lipinski definition) is 5. The predicted molar refractivity (Wildman–Crippen MR) is 82.5 cm³/mol. The number of carbonyl (C=O) groups is 3. The van der Waals surface area contributed by atoms with Gasteiger partial charge in [-0.05, 0) is 30.3 Å². The number of amides is 2. The van der Waals surface area contributed by atoms with Crippen molar-refractivity contribution < 1.29 is 24.2 Å². The molecule has 1 fully saturated rings. The average Bonchev–Trinajstić information content (AvgIpc) is 2.75. The fourth-order valence-electron chi connectivity index (χ4n) is 2.01. The molecule has 1 aliphatic heterocycles. The largest absolute Gasteiger partial charge is 0.496 e. The summed E-state index contributed by atoms with van der Waals surface area (Å²) in [6.45, 7) is 0.111. The molecule has 2 rings (SSSR count). The molecule has 1 aliphatic rings. The van der Waals surface area contributed by atoms with Crippen LogP contribution in [-0.2, 0) is 9.59 Å². The molecule has 0 aliphatic carbocycles. The van der Waals surface area contributed by atoms with Crippen LogP contribution in [0.3, 0.4) is 0 Å². The van der Waals surface area contributed by atoms with Crippen molar-refractivity contribution >= 4 is 35.0 Å². The molecular weight excluding hydrogens is 306 g/mol. The summed E-state index contributed by atoms with van der Waals surface area (Å²) < 4.78 is 5.21. The van der Waals surface area contributed by atoms with Crippen molar-refractivity contribution in [1.82, 2.24) is 4.90 Å². The maximum Gasteiger partial charge on any atom is 0.303 e. The molecule has 6 nitrogen and oxygen atoms in total. The van der Waals surface area contributed by atoms with E-state index in [2.05, 4.69) is 0 Å². The highest BCUT2D eigenvalue weighted by atomic mass is 32.2. The standard InChI is InChI=1S/C15H15NO5S/c1-21-11-6-3-2-5-10(11)9-12-14(19)16(15(20)22-12)8-4-7-13(17)18/h2-3,5-6,9H,4,7-8H2,1H3,(H,17,18). The highest BCUT2D eigenvalue weighted by Gasteiger charge is 2.34. The molecule has 1 heterocycles. The Bertz CT molecular complexity index is 641. The van der Waals surface area contributed by atoms with E-state index in [-0.39, 0.29) is 24.6 Å². The number of benzene rings is 1. The zero-order valence-electron chi connectivity index (χ0n) is 11.9. The maximum absolute atomic E-state index is 12.2. The molecule has 0 spiro atoms. The number of carbonyl (C=O) groups excluding carboxylic acids is 2. The van der Waals surface area contributed by atoms with Crippen LogP contribution in [0.5, 0.6) is 5.75 Å². The molecule has 22 heavy (non-hydrogen) atoms. The molecule has 0 saturated carbocycles. The second kappa shape index (κ2) is 7.13. The number of para-hydroxylation sites is 1. The second-order valence-electron chi connectivity index (χ2n) is 4.57. The number of ether oxygens (including phenoxy) is 1. The first-order valence-electron chi connectivity index (χ1n) is 6.63. The number of nitrogens with zero attached hydrogens (tertiary/aromatic N) is 1. The van der Waals surface area contributed by atoms with E-state index < -0.39 is 11.9 Å². The Labute approximate surface area is 131 Å². The van der Waals surface area contributed by atoms with Gasteiger partial charge in [0.2, 0.25) is 0 Å². The third kappa shape index (κ3) is 3.67. The minimum absolute atomic E-state index is 0.0761. The summed E-state index contributed by atoms with van der Waals surface area (Å²) in [5.74, 6) is -0.733. The lowest BCUT2D eigenvalue weighted by Gasteiger charge is -2.10. The fourth-order valence-corrected chi connectivity index (χ4v) is 2.86. The number of rotatable bonds is 6. The van der Waals surface area contributed by atoms with Crippen molar-refractivity contribution in [2.24, 2.45) is 0 Å². The summed E-state index contributed by atoms with van der Waals surface area (Å²) in [5.41, 5.74) is 0.709. The van der Waals surface area contributed by atoms with Crippen LogP contribution in [0.1, 0.15) is 18.4 Å². The first-order valence-corrected chi connectivity index (χ1v) is 7.44. The lowest BCUT2D eigenvalue weighted by atomic mass is 10.2. The fraction of sp³-hybridized carbons (Fsp3) is 0.267. The van der Waals surface area contributed by atoms with Gasteiger partial charge in [0.05, 0.1) is 12.0 Å². The predicted octanol–water partition coefficient (Wildman–Crippen LogP) is 2.60. The van der Waals surface area contributed by atoms with Gasteiger partial charge < -0.3 is 9.84 Å². The molecule has 1 aromatic rings. The number of carboxylic acid groups (broad SMARTS) is 1. The molecule has 7 heteroatoms. The summed E-state index contributed by atoms with van der Waals surface area (Å²) in [7, 11) is 1.53. The SMILES string of the molecule is COc1ccccc1C=C1SC(=O)N(CCCC(=O)O)C1=O. The van der Waals surface area contributed by atoms with E-state index in [0.717, 1.165) is 16.7 Å². The van der Waals surface area contributed by atoms with Crippen molar-refractivity contribution in [1.29, 1.82) is 0 Å². The minimum atomic E-state index is -0.948. The van der Waals surface area contributed by atoms with Crippen molar-refractivity contribution in [2.45, 2.75) is 12.8 Å². The van der Waals surface area contributed by atoms with Gasteiger partial charge in [0, 0.05) is 18.5 Å². The Kier molecular flexibility index (Phi) is 5.21. The van der Waals surface area contributed by atoms with Crippen molar-refractivity contribution in [3.63, 3.8) is 0 Å². The monoisotopic (exact) mass is 321 g/mol. The highest BCUT2D eigenvalue weighted by Crippen LogP contribution is 2.33. The molecule has 0 atom stereocenters. The molecule has 1 saturated heterocycles. The number of aliphatic carboxylic acids is 1. The van der Waals surface area contributed by atoms with E-state index >= 15 is 0 Å². The van der Waals surface area contributed by atoms with Crippen LogP contribution >= 0.6 is 11.8 Å².